The second-order valence-electron chi connectivity index (χ2n) is 6.13. The summed E-state index contributed by atoms with van der Waals surface area (Å²) in [5, 5.41) is 2.84. The van der Waals surface area contributed by atoms with E-state index >= 15 is 0 Å². The van der Waals surface area contributed by atoms with Crippen LogP contribution in [0.25, 0.3) is 0 Å². The van der Waals surface area contributed by atoms with Crippen molar-refractivity contribution in [1.82, 2.24) is 0 Å². The number of hydrogen-bond acceptors (Lipinski definition) is 3. The largest absolute Gasteiger partial charge is 0.326 e. The average Bonchev–Trinajstić information content (AvgIpc) is 2.62. The summed E-state index contributed by atoms with van der Waals surface area (Å²) in [6, 6.07) is 14.6. The zero-order valence-corrected chi connectivity index (χ0v) is 15.4. The van der Waals surface area contributed by atoms with Gasteiger partial charge in [0.05, 0.1) is 0 Å². The highest BCUT2D eigenvalue weighted by molar-refractivity contribution is 5.98. The minimum absolute atomic E-state index is 0.0661. The Morgan fingerprint density at radius 1 is 1.00 bits per heavy atom. The molecule has 0 atom stereocenters. The standard InChI is InChI=1S/C21H24N2O3/c1-4-17-8-10-19(11-9-17)22-21(26)12-13-23(16(3)25)20-7-5-6-18(14-20)15(2)24/h5-11,14H,4,12-13H2,1-3H3,(H,22,26). The number of carbonyl (C=O) groups excluding carboxylic acids is 3. The summed E-state index contributed by atoms with van der Waals surface area (Å²) in [6.07, 6.45) is 1.11. The molecule has 5 heteroatoms. The van der Waals surface area contributed by atoms with Crippen LogP contribution < -0.4 is 10.2 Å². The van der Waals surface area contributed by atoms with E-state index in [-0.39, 0.29) is 30.6 Å². The fraction of sp³-hybridized carbons (Fsp3) is 0.286. The number of carbonyl (C=O) groups is 3. The lowest BCUT2D eigenvalue weighted by molar-refractivity contribution is -0.117. The predicted octanol–water partition coefficient (Wildman–Crippen LogP) is 3.83. The van der Waals surface area contributed by atoms with Gasteiger partial charge >= 0.3 is 0 Å². The van der Waals surface area contributed by atoms with Crippen molar-refractivity contribution in [3.8, 4) is 0 Å². The Balaban J connectivity index is 2.01. The molecule has 1 N–H and O–H groups in total. The molecule has 5 nitrogen and oxygen atoms in total. The summed E-state index contributed by atoms with van der Waals surface area (Å²) in [5.74, 6) is -0.405. The Kier molecular flexibility index (Phi) is 6.67. The summed E-state index contributed by atoms with van der Waals surface area (Å²) >= 11 is 0. The summed E-state index contributed by atoms with van der Waals surface area (Å²) in [7, 11) is 0. The van der Waals surface area contributed by atoms with E-state index in [0.29, 0.717) is 11.3 Å². The number of aryl methyl sites for hydroxylation is 1. The SMILES string of the molecule is CCc1ccc(NC(=O)CCN(C(C)=O)c2cccc(C(C)=O)c2)cc1. The van der Waals surface area contributed by atoms with Gasteiger partial charge in [-0.05, 0) is 43.2 Å². The minimum atomic E-state index is -0.175. The molecule has 0 saturated heterocycles. The van der Waals surface area contributed by atoms with Gasteiger partial charge in [0, 0.05) is 36.8 Å². The first-order chi connectivity index (χ1) is 12.4. The molecule has 26 heavy (non-hydrogen) atoms. The average molecular weight is 352 g/mol. The highest BCUT2D eigenvalue weighted by atomic mass is 16.2. The summed E-state index contributed by atoms with van der Waals surface area (Å²) in [4.78, 5) is 37.2. The molecule has 2 amide bonds. The van der Waals surface area contributed by atoms with Crippen molar-refractivity contribution in [3.63, 3.8) is 0 Å². The molecule has 2 rings (SSSR count). The smallest absolute Gasteiger partial charge is 0.226 e. The van der Waals surface area contributed by atoms with Gasteiger partial charge < -0.3 is 10.2 Å². The Hall–Kier alpha value is -2.95. The highest BCUT2D eigenvalue weighted by Crippen LogP contribution is 2.18. The second-order valence-corrected chi connectivity index (χ2v) is 6.13. The van der Waals surface area contributed by atoms with Gasteiger partial charge in [-0.1, -0.05) is 31.2 Å². The van der Waals surface area contributed by atoms with Crippen LogP contribution in [0, 0.1) is 0 Å². The van der Waals surface area contributed by atoms with Crippen LogP contribution in [-0.2, 0) is 16.0 Å². The van der Waals surface area contributed by atoms with Crippen molar-refractivity contribution >= 4 is 29.0 Å². The van der Waals surface area contributed by atoms with E-state index in [4.69, 9.17) is 0 Å². The van der Waals surface area contributed by atoms with Gasteiger partial charge in [-0.25, -0.2) is 0 Å². The molecule has 0 aliphatic carbocycles. The zero-order chi connectivity index (χ0) is 19.1. The third-order valence-electron chi connectivity index (χ3n) is 4.15. The molecule has 0 saturated carbocycles. The van der Waals surface area contributed by atoms with Crippen LogP contribution >= 0.6 is 0 Å². The van der Waals surface area contributed by atoms with E-state index < -0.39 is 0 Å². The van der Waals surface area contributed by atoms with Crippen molar-refractivity contribution in [2.24, 2.45) is 0 Å². The van der Waals surface area contributed by atoms with Crippen LogP contribution in [0.1, 0.15) is 43.1 Å². The summed E-state index contributed by atoms with van der Waals surface area (Å²) in [6.45, 7) is 5.25. The number of ketones is 1. The maximum Gasteiger partial charge on any atom is 0.226 e. The molecule has 0 radical (unpaired) electrons. The number of rotatable bonds is 7. The Morgan fingerprint density at radius 3 is 2.27 bits per heavy atom. The van der Waals surface area contributed by atoms with Crippen molar-refractivity contribution < 1.29 is 14.4 Å². The van der Waals surface area contributed by atoms with Gasteiger partial charge in [-0.3, -0.25) is 14.4 Å². The number of amides is 2. The molecule has 0 spiro atoms. The summed E-state index contributed by atoms with van der Waals surface area (Å²) < 4.78 is 0. The molecule has 0 unspecified atom stereocenters. The van der Waals surface area contributed by atoms with Gasteiger partial charge in [0.15, 0.2) is 5.78 Å². The molecule has 2 aromatic rings. The molecule has 0 aliphatic rings. The lowest BCUT2D eigenvalue weighted by Crippen LogP contribution is -2.32. The lowest BCUT2D eigenvalue weighted by Gasteiger charge is -2.21. The topological polar surface area (TPSA) is 66.5 Å². The number of Topliss-reactive ketones (excluding diaryl/α,β-unsaturated/α-hetero) is 1. The van der Waals surface area contributed by atoms with E-state index in [1.807, 2.05) is 24.3 Å². The molecular formula is C21H24N2O3. The van der Waals surface area contributed by atoms with Crippen molar-refractivity contribution in [1.29, 1.82) is 0 Å². The Morgan fingerprint density at radius 2 is 1.69 bits per heavy atom. The third-order valence-corrected chi connectivity index (χ3v) is 4.15. The van der Waals surface area contributed by atoms with Crippen LogP contribution in [-0.4, -0.2) is 24.1 Å². The van der Waals surface area contributed by atoms with Crippen molar-refractivity contribution in [2.45, 2.75) is 33.6 Å². The van der Waals surface area contributed by atoms with Crippen LogP contribution in [0.4, 0.5) is 11.4 Å². The molecule has 0 bridgehead atoms. The molecule has 0 fully saturated rings. The Bertz CT molecular complexity index is 797. The Labute approximate surface area is 154 Å². The first-order valence-electron chi connectivity index (χ1n) is 8.68. The van der Waals surface area contributed by atoms with E-state index in [2.05, 4.69) is 12.2 Å². The summed E-state index contributed by atoms with van der Waals surface area (Å²) in [5.41, 5.74) is 3.09. The van der Waals surface area contributed by atoms with Crippen molar-refractivity contribution in [2.75, 3.05) is 16.8 Å². The van der Waals surface area contributed by atoms with E-state index in [1.54, 1.807) is 24.3 Å². The van der Waals surface area contributed by atoms with Gasteiger partial charge in [0.25, 0.3) is 0 Å². The minimum Gasteiger partial charge on any atom is -0.326 e. The first kappa shape index (κ1) is 19.4. The van der Waals surface area contributed by atoms with Crippen LogP contribution in [0.5, 0.6) is 0 Å². The van der Waals surface area contributed by atoms with Gasteiger partial charge in [0.1, 0.15) is 0 Å². The lowest BCUT2D eigenvalue weighted by atomic mass is 10.1. The van der Waals surface area contributed by atoms with Crippen LogP contribution in [0.3, 0.4) is 0 Å². The second kappa shape index (κ2) is 8.94. The number of benzene rings is 2. The van der Waals surface area contributed by atoms with E-state index in [1.165, 1.54) is 24.3 Å². The molecule has 0 heterocycles. The van der Waals surface area contributed by atoms with E-state index in [0.717, 1.165) is 12.1 Å². The fourth-order valence-corrected chi connectivity index (χ4v) is 2.62. The van der Waals surface area contributed by atoms with Crippen LogP contribution in [0.15, 0.2) is 48.5 Å². The monoisotopic (exact) mass is 352 g/mol. The maximum absolute atomic E-state index is 12.2. The van der Waals surface area contributed by atoms with Crippen LogP contribution in [0.2, 0.25) is 0 Å². The van der Waals surface area contributed by atoms with Gasteiger partial charge in [0.2, 0.25) is 11.8 Å². The molecule has 136 valence electrons. The first-order valence-corrected chi connectivity index (χ1v) is 8.68. The zero-order valence-electron chi connectivity index (χ0n) is 15.4. The van der Waals surface area contributed by atoms with Gasteiger partial charge in [-0.2, -0.15) is 0 Å². The third kappa shape index (κ3) is 5.28. The predicted molar refractivity (Wildman–Crippen MR) is 104 cm³/mol. The quantitative estimate of drug-likeness (QED) is 0.770. The highest BCUT2D eigenvalue weighted by Gasteiger charge is 2.14. The number of nitrogens with zero attached hydrogens (tertiary/aromatic N) is 1. The number of hydrogen-bond donors (Lipinski definition) is 1. The van der Waals surface area contributed by atoms with Gasteiger partial charge in [-0.15, -0.1) is 0 Å². The normalized spacial score (nSPS) is 10.3. The fourth-order valence-electron chi connectivity index (χ4n) is 2.62. The molecular weight excluding hydrogens is 328 g/mol. The molecule has 0 aromatic heterocycles. The number of nitrogens with one attached hydrogen (secondary N) is 1. The van der Waals surface area contributed by atoms with Crippen molar-refractivity contribution in [3.05, 3.63) is 59.7 Å². The number of anilines is 2. The maximum atomic E-state index is 12.2. The molecule has 0 aliphatic heterocycles. The van der Waals surface area contributed by atoms with E-state index in [9.17, 15) is 14.4 Å². The molecule has 2 aromatic carbocycles.